The number of nitrogens with zero attached hydrogens (tertiary/aromatic N) is 6. The van der Waals surface area contributed by atoms with Gasteiger partial charge in [0, 0.05) is 17.8 Å². The van der Waals surface area contributed by atoms with Crippen LogP contribution in [0.25, 0.3) is 0 Å². The molecule has 0 aliphatic heterocycles. The fourth-order valence-electron chi connectivity index (χ4n) is 3.73. The number of aromatic nitrogens is 4. The third-order valence-electron chi connectivity index (χ3n) is 5.68. The first-order valence-corrected chi connectivity index (χ1v) is 13.6. The molecule has 0 spiro atoms. The first kappa shape index (κ1) is 30.0. The zero-order valence-corrected chi connectivity index (χ0v) is 23.3. The first-order valence-electron chi connectivity index (χ1n) is 11.8. The van der Waals surface area contributed by atoms with Gasteiger partial charge in [0.05, 0.1) is 21.3 Å². The molecular formula is C24H21ClFN9O6S. The van der Waals surface area contributed by atoms with Gasteiger partial charge in [0.2, 0.25) is 17.8 Å². The number of rotatable bonds is 9. The van der Waals surface area contributed by atoms with Crippen LogP contribution >= 0.6 is 11.6 Å². The number of azo groups is 1. The molecule has 2 aromatic heterocycles. The van der Waals surface area contributed by atoms with Gasteiger partial charge in [0.15, 0.2) is 0 Å². The highest BCUT2D eigenvalue weighted by atomic mass is 35.5. The minimum Gasteiger partial charge on any atom is -0.493 e. The average molecular weight is 618 g/mol. The molecule has 18 heteroatoms. The second-order valence-corrected chi connectivity index (χ2v) is 10.3. The molecule has 0 saturated heterocycles. The van der Waals surface area contributed by atoms with E-state index in [9.17, 15) is 32.1 Å². The van der Waals surface area contributed by atoms with Gasteiger partial charge in [-0.05, 0) is 50.2 Å². The zero-order chi connectivity index (χ0) is 30.8. The topological polar surface area (TPSA) is 227 Å². The van der Waals surface area contributed by atoms with Gasteiger partial charge in [-0.1, -0.05) is 17.7 Å². The van der Waals surface area contributed by atoms with Crippen molar-refractivity contribution >= 4 is 62.3 Å². The monoisotopic (exact) mass is 617 g/mol. The zero-order valence-electron chi connectivity index (χ0n) is 21.7. The number of hydrogen-bond acceptors (Lipinski definition) is 12. The summed E-state index contributed by atoms with van der Waals surface area (Å²) in [5.74, 6) is -2.06. The molecule has 0 unspecified atom stereocenters. The van der Waals surface area contributed by atoms with Crippen molar-refractivity contribution in [2.75, 3.05) is 10.6 Å². The van der Waals surface area contributed by atoms with Crippen LogP contribution in [-0.2, 0) is 16.7 Å². The van der Waals surface area contributed by atoms with Gasteiger partial charge in [0.1, 0.15) is 11.3 Å². The Kier molecular flexibility index (Phi) is 8.46. The van der Waals surface area contributed by atoms with Gasteiger partial charge in [0.25, 0.3) is 21.6 Å². The number of nitrogens with two attached hydrogens (primary N) is 1. The third-order valence-corrected chi connectivity index (χ3v) is 6.86. The van der Waals surface area contributed by atoms with Gasteiger partial charge in [-0.2, -0.15) is 32.9 Å². The number of primary amides is 1. The normalized spacial score (nSPS) is 11.5. The van der Waals surface area contributed by atoms with E-state index in [1.807, 2.05) is 0 Å². The number of nitrogens with one attached hydrogen (secondary N) is 2. The van der Waals surface area contributed by atoms with Crippen molar-refractivity contribution in [3.05, 3.63) is 75.0 Å². The van der Waals surface area contributed by atoms with E-state index in [1.54, 1.807) is 25.1 Å². The summed E-state index contributed by atoms with van der Waals surface area (Å²) < 4.78 is 47.3. The number of benzene rings is 2. The van der Waals surface area contributed by atoms with Crippen molar-refractivity contribution in [1.29, 1.82) is 0 Å². The molecule has 0 aliphatic rings. The van der Waals surface area contributed by atoms with Gasteiger partial charge in [-0.25, -0.2) is 0 Å². The molecule has 0 radical (unpaired) electrons. The molecule has 42 heavy (non-hydrogen) atoms. The van der Waals surface area contributed by atoms with E-state index >= 15 is 0 Å². The van der Waals surface area contributed by atoms with Crippen LogP contribution in [0.15, 0.2) is 62.4 Å². The standard InChI is InChI=1S/C24H21ClFN9O6S/c1-3-35-20(37)17(19(27)36)11(2)18(21(35)38)34-33-13-6-4-5-12(9-13)28-23-30-22(26)31-24(32-23)29-16-10-14(42(39,40)41)7-8-15(16)25/h4-10,38H,3H2,1-2H3,(H2,27,36)(H,39,40,41)(H2,28,29,30,31,32)/b34-33+. The van der Waals surface area contributed by atoms with Crippen molar-refractivity contribution in [2.45, 2.75) is 25.3 Å². The number of anilines is 4. The number of pyridine rings is 1. The highest BCUT2D eigenvalue weighted by molar-refractivity contribution is 7.85. The summed E-state index contributed by atoms with van der Waals surface area (Å²) in [6, 6.07) is 9.47. The lowest BCUT2D eigenvalue weighted by Crippen LogP contribution is -2.30. The number of halogens is 2. The Morgan fingerprint density at radius 3 is 2.45 bits per heavy atom. The van der Waals surface area contributed by atoms with Gasteiger partial charge < -0.3 is 21.5 Å². The second kappa shape index (κ2) is 11.9. The summed E-state index contributed by atoms with van der Waals surface area (Å²) in [7, 11) is -4.54. The molecular weight excluding hydrogens is 597 g/mol. The van der Waals surface area contributed by atoms with Crippen LogP contribution in [0, 0.1) is 13.0 Å². The largest absolute Gasteiger partial charge is 0.493 e. The number of amides is 1. The van der Waals surface area contributed by atoms with Crippen molar-refractivity contribution in [2.24, 2.45) is 16.0 Å². The Bertz CT molecular complexity index is 1920. The number of hydrogen-bond donors (Lipinski definition) is 5. The van der Waals surface area contributed by atoms with E-state index < -0.39 is 38.4 Å². The lowest BCUT2D eigenvalue weighted by atomic mass is 10.1. The molecule has 2 aromatic carbocycles. The van der Waals surface area contributed by atoms with E-state index in [1.165, 1.54) is 19.1 Å². The SMILES string of the molecule is CCn1c(O)c(/N=N/c2cccc(Nc3nc(F)nc(Nc4cc(S(=O)(=O)O)ccc4Cl)n3)c2)c(C)c(C(N)=O)c1=O. The predicted octanol–water partition coefficient (Wildman–Crippen LogP) is 4.11. The Morgan fingerprint density at radius 2 is 1.81 bits per heavy atom. The van der Waals surface area contributed by atoms with E-state index in [0.717, 1.165) is 16.7 Å². The van der Waals surface area contributed by atoms with Gasteiger partial charge >= 0.3 is 6.08 Å². The molecule has 0 saturated carbocycles. The lowest BCUT2D eigenvalue weighted by Gasteiger charge is -2.12. The van der Waals surface area contributed by atoms with Crippen molar-refractivity contribution in [1.82, 2.24) is 19.5 Å². The Hall–Kier alpha value is -5.00. The molecule has 6 N–H and O–H groups in total. The van der Waals surface area contributed by atoms with Crippen LogP contribution in [0.4, 0.5) is 39.0 Å². The van der Waals surface area contributed by atoms with E-state index in [4.69, 9.17) is 17.3 Å². The quantitative estimate of drug-likeness (QED) is 0.132. The molecule has 15 nitrogen and oxygen atoms in total. The molecule has 0 fully saturated rings. The van der Waals surface area contributed by atoms with Gasteiger partial charge in [-0.3, -0.25) is 18.7 Å². The van der Waals surface area contributed by atoms with E-state index in [2.05, 4.69) is 35.8 Å². The molecule has 0 bridgehead atoms. The van der Waals surface area contributed by atoms with Crippen LogP contribution in [0.1, 0.15) is 22.8 Å². The maximum Gasteiger partial charge on any atom is 0.315 e. The average Bonchev–Trinajstić information content (AvgIpc) is 2.89. The smallest absolute Gasteiger partial charge is 0.315 e. The molecule has 0 atom stereocenters. The van der Waals surface area contributed by atoms with Crippen molar-refractivity contribution in [3.8, 4) is 5.88 Å². The first-order chi connectivity index (χ1) is 19.8. The van der Waals surface area contributed by atoms with Crippen molar-refractivity contribution in [3.63, 3.8) is 0 Å². The minimum absolute atomic E-state index is 0.0294. The van der Waals surface area contributed by atoms with Crippen LogP contribution < -0.4 is 21.9 Å². The maximum absolute atomic E-state index is 14.2. The fraction of sp³-hybridized carbons (Fsp3) is 0.125. The van der Waals surface area contributed by atoms with Crippen LogP contribution in [-0.4, -0.2) is 43.5 Å². The van der Waals surface area contributed by atoms with E-state index in [0.29, 0.717) is 5.69 Å². The molecule has 4 rings (SSSR count). The Balaban J connectivity index is 1.62. The Morgan fingerprint density at radius 1 is 1.12 bits per heavy atom. The number of carbonyl (C=O) groups is 1. The molecule has 218 valence electrons. The number of aromatic hydroxyl groups is 1. The summed E-state index contributed by atoms with van der Waals surface area (Å²) in [5.41, 5.74) is 4.74. The summed E-state index contributed by atoms with van der Waals surface area (Å²) in [5, 5.41) is 24.0. The van der Waals surface area contributed by atoms with E-state index in [-0.39, 0.29) is 51.7 Å². The minimum atomic E-state index is -4.54. The molecule has 2 heterocycles. The summed E-state index contributed by atoms with van der Waals surface area (Å²) in [6.45, 7) is 3.04. The Labute approximate surface area is 241 Å². The third kappa shape index (κ3) is 6.48. The van der Waals surface area contributed by atoms with Crippen molar-refractivity contribution < 1.29 is 27.3 Å². The lowest BCUT2D eigenvalue weighted by molar-refractivity contribution is 0.0997. The fourth-order valence-corrected chi connectivity index (χ4v) is 4.41. The number of carbonyl (C=O) groups excluding carboxylic acids is 1. The van der Waals surface area contributed by atoms with Crippen LogP contribution in [0.3, 0.4) is 0 Å². The summed E-state index contributed by atoms with van der Waals surface area (Å²) in [6.07, 6.45) is -1.19. The highest BCUT2D eigenvalue weighted by Gasteiger charge is 2.22. The molecule has 1 amide bonds. The predicted molar refractivity (Wildman–Crippen MR) is 150 cm³/mol. The van der Waals surface area contributed by atoms with Gasteiger partial charge in [-0.15, -0.1) is 5.11 Å². The summed E-state index contributed by atoms with van der Waals surface area (Å²) >= 11 is 6.07. The summed E-state index contributed by atoms with van der Waals surface area (Å²) in [4.78, 5) is 35.0. The van der Waals surface area contributed by atoms with Crippen LogP contribution in [0.5, 0.6) is 5.88 Å². The molecule has 0 aliphatic carbocycles. The van der Waals surface area contributed by atoms with Crippen LogP contribution in [0.2, 0.25) is 5.02 Å². The second-order valence-electron chi connectivity index (χ2n) is 8.45. The maximum atomic E-state index is 14.2. The highest BCUT2D eigenvalue weighted by Crippen LogP contribution is 2.33. The molecule has 4 aromatic rings.